The van der Waals surface area contributed by atoms with Gasteiger partial charge < -0.3 is 33.2 Å². The van der Waals surface area contributed by atoms with Crippen LogP contribution >= 0.6 is 0 Å². The van der Waals surface area contributed by atoms with E-state index in [9.17, 15) is 10.0 Å². The molecule has 0 aromatic heterocycles. The number of ether oxygens (including phenoxy) is 7. The summed E-state index contributed by atoms with van der Waals surface area (Å²) in [6, 6.07) is 22.5. The topological polar surface area (TPSA) is 105 Å². The average Bonchev–Trinajstić information content (AvgIpc) is 3.64. The van der Waals surface area contributed by atoms with Crippen molar-refractivity contribution in [3.8, 4) is 40.2 Å². The molecule has 0 radical (unpaired) electrons. The highest BCUT2D eigenvalue weighted by molar-refractivity contribution is 5.94. The summed E-state index contributed by atoms with van der Waals surface area (Å²) in [7, 11) is 6.28. The van der Waals surface area contributed by atoms with Crippen molar-refractivity contribution in [3.05, 3.63) is 114 Å². The third-order valence-corrected chi connectivity index (χ3v) is 8.30. The summed E-state index contributed by atoms with van der Waals surface area (Å²) in [4.78, 5) is 13.7. The van der Waals surface area contributed by atoms with Crippen molar-refractivity contribution in [3.63, 3.8) is 0 Å². The quantitative estimate of drug-likeness (QED) is 0.0756. The van der Waals surface area contributed by atoms with E-state index < -0.39 is 11.9 Å². The zero-order chi connectivity index (χ0) is 34.9. The molecule has 10 nitrogen and oxygen atoms in total. The zero-order valence-corrected chi connectivity index (χ0v) is 28.5. The Hall–Kier alpha value is -5.19. The van der Waals surface area contributed by atoms with Gasteiger partial charge in [0.25, 0.3) is 5.91 Å². The molecule has 0 aliphatic carbocycles. The van der Waals surface area contributed by atoms with Crippen LogP contribution in [-0.2, 0) is 4.74 Å². The first kappa shape index (κ1) is 35.1. The Balaban J connectivity index is 1.46. The SMILES string of the molecule is C=CC(c1cc(C2CCC(c3cc(OC)c(OC)c(OC)c3)O2)cc(OC)c1OCCC)N(O)C(=O)c1cccc(Oc2ccccc2)c1. The van der Waals surface area contributed by atoms with Crippen LogP contribution in [-0.4, -0.2) is 51.2 Å². The van der Waals surface area contributed by atoms with E-state index in [-0.39, 0.29) is 17.8 Å². The number of carbonyl (C=O) groups is 1. The number of amides is 1. The average molecular weight is 670 g/mol. The maximum absolute atomic E-state index is 13.7. The van der Waals surface area contributed by atoms with E-state index in [2.05, 4.69) is 6.58 Å². The molecule has 1 fully saturated rings. The molecule has 4 aromatic rings. The molecule has 1 N–H and O–H groups in total. The van der Waals surface area contributed by atoms with Crippen molar-refractivity contribution in [1.29, 1.82) is 0 Å². The lowest BCUT2D eigenvalue weighted by Gasteiger charge is -2.28. The van der Waals surface area contributed by atoms with Gasteiger partial charge in [-0.3, -0.25) is 10.0 Å². The summed E-state index contributed by atoms with van der Waals surface area (Å²) in [5, 5.41) is 12.1. The molecule has 4 aromatic carbocycles. The molecule has 3 unspecified atom stereocenters. The molecular formula is C39H43NO9. The summed E-state index contributed by atoms with van der Waals surface area (Å²) in [5.41, 5.74) is 2.43. The minimum absolute atomic E-state index is 0.231. The predicted molar refractivity (Wildman–Crippen MR) is 185 cm³/mol. The predicted octanol–water partition coefficient (Wildman–Crippen LogP) is 8.65. The van der Waals surface area contributed by atoms with Gasteiger partial charge in [-0.25, -0.2) is 5.06 Å². The van der Waals surface area contributed by atoms with Gasteiger partial charge in [-0.05, 0) is 85.0 Å². The van der Waals surface area contributed by atoms with Crippen LogP contribution in [0.2, 0.25) is 0 Å². The minimum atomic E-state index is -0.987. The van der Waals surface area contributed by atoms with E-state index >= 15 is 0 Å². The van der Waals surface area contributed by atoms with Crippen LogP contribution in [0.25, 0.3) is 0 Å². The highest BCUT2D eigenvalue weighted by Crippen LogP contribution is 2.48. The fourth-order valence-corrected chi connectivity index (χ4v) is 5.91. The van der Waals surface area contributed by atoms with Crippen molar-refractivity contribution >= 4 is 5.91 Å². The van der Waals surface area contributed by atoms with Crippen LogP contribution < -0.4 is 28.4 Å². The number of para-hydroxylation sites is 1. The van der Waals surface area contributed by atoms with E-state index in [0.29, 0.717) is 63.9 Å². The molecule has 3 atom stereocenters. The maximum atomic E-state index is 13.7. The molecule has 0 saturated carbocycles. The Morgan fingerprint density at radius 1 is 0.837 bits per heavy atom. The van der Waals surface area contributed by atoms with Crippen LogP contribution in [0.3, 0.4) is 0 Å². The van der Waals surface area contributed by atoms with E-state index in [1.807, 2.05) is 61.5 Å². The van der Waals surface area contributed by atoms with Gasteiger partial charge in [-0.1, -0.05) is 37.3 Å². The second kappa shape index (κ2) is 16.3. The number of hydrogen-bond donors (Lipinski definition) is 1. The number of methoxy groups -OCH3 is 4. The van der Waals surface area contributed by atoms with Crippen molar-refractivity contribution < 1.29 is 43.2 Å². The van der Waals surface area contributed by atoms with E-state index in [1.54, 1.807) is 52.7 Å². The number of hydroxylamine groups is 2. The number of benzene rings is 4. The lowest BCUT2D eigenvalue weighted by atomic mass is 9.96. The van der Waals surface area contributed by atoms with E-state index in [1.165, 1.54) is 6.08 Å². The Labute approximate surface area is 287 Å². The number of rotatable bonds is 15. The van der Waals surface area contributed by atoms with Crippen LogP contribution in [0.15, 0.2) is 91.5 Å². The van der Waals surface area contributed by atoms with Crippen molar-refractivity contribution in [2.45, 2.75) is 44.4 Å². The van der Waals surface area contributed by atoms with E-state index in [4.69, 9.17) is 33.2 Å². The molecule has 5 rings (SSSR count). The van der Waals surface area contributed by atoms with Gasteiger partial charge >= 0.3 is 0 Å². The van der Waals surface area contributed by atoms with Gasteiger partial charge in [-0.15, -0.1) is 6.58 Å². The molecule has 258 valence electrons. The lowest BCUT2D eigenvalue weighted by molar-refractivity contribution is -0.0784. The van der Waals surface area contributed by atoms with Crippen molar-refractivity contribution in [1.82, 2.24) is 5.06 Å². The molecule has 10 heteroatoms. The number of hydrogen-bond acceptors (Lipinski definition) is 9. The van der Waals surface area contributed by atoms with Gasteiger partial charge in [0.1, 0.15) is 17.5 Å². The molecule has 49 heavy (non-hydrogen) atoms. The Bertz CT molecular complexity index is 1720. The fraction of sp³-hybridized carbons (Fsp3) is 0.308. The third-order valence-electron chi connectivity index (χ3n) is 8.30. The number of carbonyl (C=O) groups excluding carboxylic acids is 1. The largest absolute Gasteiger partial charge is 0.493 e. The summed E-state index contributed by atoms with van der Waals surface area (Å²) in [5.74, 6) is 2.89. The first-order valence-corrected chi connectivity index (χ1v) is 16.1. The summed E-state index contributed by atoms with van der Waals surface area (Å²) < 4.78 is 41.1. The van der Waals surface area contributed by atoms with Crippen molar-refractivity contribution in [2.75, 3.05) is 35.0 Å². The molecule has 1 saturated heterocycles. The van der Waals surface area contributed by atoms with Gasteiger partial charge in [-0.2, -0.15) is 0 Å². The molecule has 1 aliphatic rings. The number of nitrogens with zero attached hydrogens (tertiary/aromatic N) is 1. The summed E-state index contributed by atoms with van der Waals surface area (Å²) >= 11 is 0. The minimum Gasteiger partial charge on any atom is -0.493 e. The monoisotopic (exact) mass is 669 g/mol. The van der Waals surface area contributed by atoms with Crippen molar-refractivity contribution in [2.24, 2.45) is 0 Å². The molecule has 1 amide bonds. The summed E-state index contributed by atoms with van der Waals surface area (Å²) in [6.07, 6.45) is 3.09. The first-order valence-electron chi connectivity index (χ1n) is 16.1. The smallest absolute Gasteiger partial charge is 0.278 e. The Morgan fingerprint density at radius 2 is 1.43 bits per heavy atom. The van der Waals surface area contributed by atoms with Crippen LogP contribution in [0.5, 0.6) is 40.2 Å². The fourth-order valence-electron chi connectivity index (χ4n) is 5.91. The lowest BCUT2D eigenvalue weighted by Crippen LogP contribution is -2.31. The van der Waals surface area contributed by atoms with Gasteiger partial charge in [0.2, 0.25) is 5.75 Å². The Kier molecular flexibility index (Phi) is 11.7. The highest BCUT2D eigenvalue weighted by atomic mass is 16.5. The summed E-state index contributed by atoms with van der Waals surface area (Å²) in [6.45, 7) is 6.36. The van der Waals surface area contributed by atoms with Crippen LogP contribution in [0, 0.1) is 0 Å². The second-order valence-electron chi connectivity index (χ2n) is 11.4. The van der Waals surface area contributed by atoms with Gasteiger partial charge in [0, 0.05) is 11.1 Å². The van der Waals surface area contributed by atoms with Crippen LogP contribution in [0.1, 0.15) is 71.5 Å². The maximum Gasteiger partial charge on any atom is 0.278 e. The van der Waals surface area contributed by atoms with Gasteiger partial charge in [0.05, 0.1) is 47.3 Å². The Morgan fingerprint density at radius 3 is 2.00 bits per heavy atom. The molecule has 1 aliphatic heterocycles. The normalized spacial score (nSPS) is 16.0. The third kappa shape index (κ3) is 7.77. The molecule has 1 heterocycles. The molecular weight excluding hydrogens is 626 g/mol. The second-order valence-corrected chi connectivity index (χ2v) is 11.4. The standard InChI is InChI=1S/C39H43NO9/c1-7-19-47-37-30(31(8-2)40(42)39(41)25-13-12-16-29(20-25)48-28-14-10-9-11-15-28)21-26(22-34(37)43-3)32-17-18-33(49-32)27-23-35(44-4)38(46-6)36(24-27)45-5/h8-16,20-24,31-33,42H,2,7,17-19H2,1,3-6H3. The highest BCUT2D eigenvalue weighted by Gasteiger charge is 2.33. The molecule has 0 bridgehead atoms. The first-order chi connectivity index (χ1) is 23.8. The van der Waals surface area contributed by atoms with E-state index in [0.717, 1.165) is 24.0 Å². The zero-order valence-electron chi connectivity index (χ0n) is 28.5. The van der Waals surface area contributed by atoms with Gasteiger partial charge in [0.15, 0.2) is 23.0 Å². The molecule has 0 spiro atoms. The van der Waals surface area contributed by atoms with Crippen LogP contribution in [0.4, 0.5) is 0 Å².